The SMILES string of the molecule is Cc1cnccc1C(C)(CN)CO. The third-order valence-electron chi connectivity index (χ3n) is 2.47. The van der Waals surface area contributed by atoms with Crippen LogP contribution in [0.4, 0.5) is 0 Å². The maximum absolute atomic E-state index is 9.26. The molecule has 13 heavy (non-hydrogen) atoms. The summed E-state index contributed by atoms with van der Waals surface area (Å²) in [6.07, 6.45) is 3.52. The first-order valence-electron chi connectivity index (χ1n) is 4.36. The summed E-state index contributed by atoms with van der Waals surface area (Å²) in [5.74, 6) is 0. The highest BCUT2D eigenvalue weighted by Crippen LogP contribution is 2.24. The van der Waals surface area contributed by atoms with Gasteiger partial charge in [0.1, 0.15) is 0 Å². The Morgan fingerprint density at radius 2 is 2.31 bits per heavy atom. The van der Waals surface area contributed by atoms with E-state index in [1.165, 1.54) is 0 Å². The van der Waals surface area contributed by atoms with Gasteiger partial charge in [0.15, 0.2) is 0 Å². The van der Waals surface area contributed by atoms with E-state index in [1.54, 1.807) is 12.4 Å². The van der Waals surface area contributed by atoms with Crippen LogP contribution in [0, 0.1) is 6.92 Å². The standard InChI is InChI=1S/C10H16N2O/c1-8-5-12-4-3-9(8)10(2,6-11)7-13/h3-5,13H,6-7,11H2,1-2H3. The molecule has 0 aliphatic rings. The smallest absolute Gasteiger partial charge is 0.0537 e. The van der Waals surface area contributed by atoms with Crippen LogP contribution in [0.25, 0.3) is 0 Å². The zero-order chi connectivity index (χ0) is 9.90. The number of aliphatic hydroxyl groups is 1. The van der Waals surface area contributed by atoms with Crippen molar-refractivity contribution in [2.24, 2.45) is 5.73 Å². The molecule has 0 amide bonds. The normalized spacial score (nSPS) is 15.4. The van der Waals surface area contributed by atoms with E-state index in [0.29, 0.717) is 6.54 Å². The molecule has 3 N–H and O–H groups in total. The van der Waals surface area contributed by atoms with E-state index >= 15 is 0 Å². The van der Waals surface area contributed by atoms with Crippen LogP contribution in [0.1, 0.15) is 18.1 Å². The Hall–Kier alpha value is -0.930. The number of nitrogens with zero attached hydrogens (tertiary/aromatic N) is 1. The molecule has 0 aromatic carbocycles. The molecule has 0 saturated carbocycles. The first kappa shape index (κ1) is 10.2. The minimum absolute atomic E-state index is 0.0638. The van der Waals surface area contributed by atoms with E-state index < -0.39 is 0 Å². The van der Waals surface area contributed by atoms with E-state index in [4.69, 9.17) is 5.73 Å². The second-order valence-electron chi connectivity index (χ2n) is 3.61. The van der Waals surface area contributed by atoms with Crippen molar-refractivity contribution in [1.82, 2.24) is 4.98 Å². The molecule has 1 unspecified atom stereocenters. The molecule has 0 saturated heterocycles. The highest BCUT2D eigenvalue weighted by molar-refractivity contribution is 5.30. The molecular weight excluding hydrogens is 164 g/mol. The summed E-state index contributed by atoms with van der Waals surface area (Å²) >= 11 is 0. The van der Waals surface area contributed by atoms with Crippen molar-refractivity contribution in [3.8, 4) is 0 Å². The van der Waals surface area contributed by atoms with Gasteiger partial charge >= 0.3 is 0 Å². The molecule has 3 nitrogen and oxygen atoms in total. The van der Waals surface area contributed by atoms with E-state index in [-0.39, 0.29) is 12.0 Å². The maximum Gasteiger partial charge on any atom is 0.0537 e. The lowest BCUT2D eigenvalue weighted by Gasteiger charge is -2.27. The highest BCUT2D eigenvalue weighted by Gasteiger charge is 2.25. The van der Waals surface area contributed by atoms with Gasteiger partial charge in [-0.1, -0.05) is 6.92 Å². The van der Waals surface area contributed by atoms with Crippen LogP contribution < -0.4 is 5.73 Å². The fraction of sp³-hybridized carbons (Fsp3) is 0.500. The number of aliphatic hydroxyl groups excluding tert-OH is 1. The molecule has 1 aromatic rings. The quantitative estimate of drug-likeness (QED) is 0.716. The summed E-state index contributed by atoms with van der Waals surface area (Å²) in [5.41, 5.74) is 7.45. The lowest BCUT2D eigenvalue weighted by Crippen LogP contribution is -2.36. The van der Waals surface area contributed by atoms with Gasteiger partial charge in [-0.25, -0.2) is 0 Å². The molecule has 1 aromatic heterocycles. The Morgan fingerprint density at radius 3 is 2.77 bits per heavy atom. The highest BCUT2D eigenvalue weighted by atomic mass is 16.3. The predicted octanol–water partition coefficient (Wildman–Crippen LogP) is 0.599. The van der Waals surface area contributed by atoms with Gasteiger partial charge in [-0.15, -0.1) is 0 Å². The number of hydrogen-bond acceptors (Lipinski definition) is 3. The van der Waals surface area contributed by atoms with Crippen molar-refractivity contribution < 1.29 is 5.11 Å². The number of rotatable bonds is 3. The summed E-state index contributed by atoms with van der Waals surface area (Å²) in [5, 5.41) is 9.26. The molecule has 0 fully saturated rings. The second-order valence-corrected chi connectivity index (χ2v) is 3.61. The Morgan fingerprint density at radius 1 is 1.62 bits per heavy atom. The minimum Gasteiger partial charge on any atom is -0.395 e. The maximum atomic E-state index is 9.26. The van der Waals surface area contributed by atoms with E-state index in [2.05, 4.69) is 4.98 Å². The van der Waals surface area contributed by atoms with Gasteiger partial charge in [0.2, 0.25) is 0 Å². The summed E-state index contributed by atoms with van der Waals surface area (Å²) < 4.78 is 0. The molecule has 0 radical (unpaired) electrons. The molecular formula is C10H16N2O. The number of hydrogen-bond donors (Lipinski definition) is 2. The fourth-order valence-corrected chi connectivity index (χ4v) is 1.41. The molecule has 1 atom stereocenters. The monoisotopic (exact) mass is 180 g/mol. The van der Waals surface area contributed by atoms with Gasteiger partial charge < -0.3 is 10.8 Å². The van der Waals surface area contributed by atoms with Crippen molar-refractivity contribution in [3.63, 3.8) is 0 Å². The molecule has 3 heteroatoms. The summed E-state index contributed by atoms with van der Waals surface area (Å²) in [6, 6.07) is 1.92. The molecule has 0 aliphatic heterocycles. The Labute approximate surface area is 78.6 Å². The molecule has 1 heterocycles. The number of aryl methyl sites for hydroxylation is 1. The Balaban J connectivity index is 3.12. The largest absolute Gasteiger partial charge is 0.395 e. The van der Waals surface area contributed by atoms with Gasteiger partial charge in [-0.2, -0.15) is 0 Å². The van der Waals surface area contributed by atoms with Crippen LogP contribution in [-0.2, 0) is 5.41 Å². The predicted molar refractivity (Wildman–Crippen MR) is 52.5 cm³/mol. The molecule has 0 aliphatic carbocycles. The lowest BCUT2D eigenvalue weighted by molar-refractivity contribution is 0.209. The van der Waals surface area contributed by atoms with E-state index in [9.17, 15) is 5.11 Å². The van der Waals surface area contributed by atoms with Crippen molar-refractivity contribution >= 4 is 0 Å². The van der Waals surface area contributed by atoms with Crippen LogP contribution in [0.15, 0.2) is 18.5 Å². The topological polar surface area (TPSA) is 59.1 Å². The third-order valence-corrected chi connectivity index (χ3v) is 2.47. The van der Waals surface area contributed by atoms with Gasteiger partial charge in [-0.05, 0) is 24.1 Å². The van der Waals surface area contributed by atoms with Gasteiger partial charge in [0, 0.05) is 24.4 Å². The summed E-state index contributed by atoms with van der Waals surface area (Å²) in [7, 11) is 0. The summed E-state index contributed by atoms with van der Waals surface area (Å²) in [4.78, 5) is 4.00. The second kappa shape index (κ2) is 3.85. The van der Waals surface area contributed by atoms with Gasteiger partial charge in [0.25, 0.3) is 0 Å². The summed E-state index contributed by atoms with van der Waals surface area (Å²) in [6.45, 7) is 4.43. The number of nitrogens with two attached hydrogens (primary N) is 1. The van der Waals surface area contributed by atoms with E-state index in [0.717, 1.165) is 11.1 Å². The van der Waals surface area contributed by atoms with Crippen molar-refractivity contribution in [2.45, 2.75) is 19.3 Å². The van der Waals surface area contributed by atoms with Crippen LogP contribution in [-0.4, -0.2) is 23.2 Å². The average Bonchev–Trinajstić information content (AvgIpc) is 2.17. The molecule has 72 valence electrons. The van der Waals surface area contributed by atoms with Gasteiger partial charge in [-0.3, -0.25) is 4.98 Å². The number of aromatic nitrogens is 1. The average molecular weight is 180 g/mol. The molecule has 1 rings (SSSR count). The van der Waals surface area contributed by atoms with Crippen LogP contribution >= 0.6 is 0 Å². The van der Waals surface area contributed by atoms with Crippen LogP contribution in [0.3, 0.4) is 0 Å². The van der Waals surface area contributed by atoms with Crippen LogP contribution in [0.5, 0.6) is 0 Å². The first-order valence-corrected chi connectivity index (χ1v) is 4.36. The molecule has 0 spiro atoms. The first-order chi connectivity index (χ1) is 6.14. The van der Waals surface area contributed by atoms with Crippen molar-refractivity contribution in [2.75, 3.05) is 13.2 Å². The Bertz CT molecular complexity index is 282. The van der Waals surface area contributed by atoms with E-state index in [1.807, 2.05) is 19.9 Å². The fourth-order valence-electron chi connectivity index (χ4n) is 1.41. The third kappa shape index (κ3) is 1.87. The van der Waals surface area contributed by atoms with Crippen molar-refractivity contribution in [3.05, 3.63) is 29.6 Å². The lowest BCUT2D eigenvalue weighted by atomic mass is 9.82. The van der Waals surface area contributed by atoms with Crippen LogP contribution in [0.2, 0.25) is 0 Å². The molecule has 0 bridgehead atoms. The van der Waals surface area contributed by atoms with Gasteiger partial charge in [0.05, 0.1) is 6.61 Å². The Kier molecular flexibility index (Phi) is 3.01. The van der Waals surface area contributed by atoms with Crippen molar-refractivity contribution in [1.29, 1.82) is 0 Å². The zero-order valence-corrected chi connectivity index (χ0v) is 8.12. The minimum atomic E-state index is -0.340. The number of pyridine rings is 1. The zero-order valence-electron chi connectivity index (χ0n) is 8.12.